The van der Waals surface area contributed by atoms with Gasteiger partial charge in [0.2, 0.25) is 11.1 Å². The number of rotatable bonds is 4. The lowest BCUT2D eigenvalue weighted by atomic mass is 9.82. The molecule has 0 saturated heterocycles. The van der Waals surface area contributed by atoms with Gasteiger partial charge >= 0.3 is 5.69 Å². The van der Waals surface area contributed by atoms with Crippen molar-refractivity contribution in [1.82, 2.24) is 9.97 Å². The first kappa shape index (κ1) is 15.6. The maximum Gasteiger partial charge on any atom is 0.329 e. The molecule has 0 aliphatic heterocycles. The Morgan fingerprint density at radius 3 is 2.42 bits per heavy atom. The minimum atomic E-state index is -0.522. The third-order valence-electron chi connectivity index (χ3n) is 2.37. The van der Waals surface area contributed by atoms with Crippen LogP contribution in [0, 0.1) is 15.5 Å². The Labute approximate surface area is 117 Å². The molecule has 1 aromatic heterocycles. The highest BCUT2D eigenvalue weighted by Gasteiger charge is 2.28. The molecule has 0 aliphatic carbocycles. The molecule has 0 atom stereocenters. The van der Waals surface area contributed by atoms with Crippen LogP contribution in [0.4, 0.5) is 11.5 Å². The molecule has 1 rings (SSSR count). The van der Waals surface area contributed by atoms with Crippen LogP contribution in [0.3, 0.4) is 0 Å². The monoisotopic (exact) mass is 286 g/mol. The van der Waals surface area contributed by atoms with E-state index in [4.69, 9.17) is 11.6 Å². The van der Waals surface area contributed by atoms with Gasteiger partial charge in [0.05, 0.1) is 4.92 Å². The van der Waals surface area contributed by atoms with Crippen molar-refractivity contribution in [2.75, 3.05) is 5.32 Å². The van der Waals surface area contributed by atoms with Crippen molar-refractivity contribution in [2.24, 2.45) is 5.41 Å². The zero-order valence-corrected chi connectivity index (χ0v) is 12.6. The zero-order chi connectivity index (χ0) is 14.8. The van der Waals surface area contributed by atoms with Crippen LogP contribution in [0.5, 0.6) is 0 Å². The number of halogens is 1. The van der Waals surface area contributed by atoms with E-state index in [1.165, 1.54) is 0 Å². The van der Waals surface area contributed by atoms with E-state index in [2.05, 4.69) is 36.1 Å². The van der Waals surface area contributed by atoms with Crippen LogP contribution in [0.15, 0.2) is 6.20 Å². The van der Waals surface area contributed by atoms with Gasteiger partial charge in [-0.2, -0.15) is 4.98 Å². The van der Waals surface area contributed by atoms with E-state index in [1.807, 2.05) is 13.8 Å². The van der Waals surface area contributed by atoms with Crippen LogP contribution < -0.4 is 5.32 Å². The molecule has 0 unspecified atom stereocenters. The maximum absolute atomic E-state index is 10.9. The lowest BCUT2D eigenvalue weighted by molar-refractivity contribution is -0.384. The highest BCUT2D eigenvalue weighted by atomic mass is 35.5. The Kier molecular flexibility index (Phi) is 4.35. The van der Waals surface area contributed by atoms with Crippen molar-refractivity contribution in [3.05, 3.63) is 21.6 Å². The zero-order valence-electron chi connectivity index (χ0n) is 11.8. The van der Waals surface area contributed by atoms with Crippen LogP contribution >= 0.6 is 11.6 Å². The number of nitrogens with zero attached hydrogens (tertiary/aromatic N) is 3. The molecule has 19 heavy (non-hydrogen) atoms. The predicted octanol–water partition coefficient (Wildman–Crippen LogP) is 3.66. The third kappa shape index (κ3) is 4.98. The molecule has 0 spiro atoms. The Morgan fingerprint density at radius 1 is 1.37 bits per heavy atom. The van der Waals surface area contributed by atoms with Gasteiger partial charge in [0, 0.05) is 5.54 Å². The second-order valence-corrected chi connectivity index (χ2v) is 6.71. The number of anilines is 1. The summed E-state index contributed by atoms with van der Waals surface area (Å²) in [6, 6.07) is 0. The number of hydrogen-bond donors (Lipinski definition) is 1. The summed E-state index contributed by atoms with van der Waals surface area (Å²) in [5.41, 5.74) is -0.436. The van der Waals surface area contributed by atoms with Gasteiger partial charge < -0.3 is 5.32 Å². The molecular formula is C12H19ClN4O2. The summed E-state index contributed by atoms with van der Waals surface area (Å²) in [7, 11) is 0. The minimum absolute atomic E-state index is 0.0142. The summed E-state index contributed by atoms with van der Waals surface area (Å²) in [5.74, 6) is 0.152. The van der Waals surface area contributed by atoms with Crippen LogP contribution in [0.2, 0.25) is 5.28 Å². The SMILES string of the molecule is CC(C)(C)CC(C)(C)Nc1nc(Cl)ncc1[N+](=O)[O-]. The van der Waals surface area contributed by atoms with Gasteiger partial charge in [-0.05, 0) is 37.3 Å². The van der Waals surface area contributed by atoms with Crippen molar-refractivity contribution in [3.8, 4) is 0 Å². The van der Waals surface area contributed by atoms with Crippen LogP contribution in [-0.4, -0.2) is 20.4 Å². The second kappa shape index (κ2) is 5.28. The van der Waals surface area contributed by atoms with E-state index in [9.17, 15) is 10.1 Å². The summed E-state index contributed by atoms with van der Waals surface area (Å²) in [5, 5.41) is 14.0. The van der Waals surface area contributed by atoms with Gasteiger partial charge in [0.1, 0.15) is 6.20 Å². The average molecular weight is 287 g/mol. The first-order valence-corrected chi connectivity index (χ1v) is 6.33. The Morgan fingerprint density at radius 2 is 1.95 bits per heavy atom. The highest BCUT2D eigenvalue weighted by Crippen LogP contribution is 2.32. The summed E-state index contributed by atoms with van der Waals surface area (Å²) in [4.78, 5) is 18.0. The molecule has 0 aliphatic rings. The molecule has 7 heteroatoms. The highest BCUT2D eigenvalue weighted by molar-refractivity contribution is 6.28. The fourth-order valence-electron chi connectivity index (χ4n) is 2.27. The Hall–Kier alpha value is -1.43. The van der Waals surface area contributed by atoms with E-state index in [-0.39, 0.29) is 27.7 Å². The predicted molar refractivity (Wildman–Crippen MR) is 75.5 cm³/mol. The van der Waals surface area contributed by atoms with Crippen molar-refractivity contribution in [1.29, 1.82) is 0 Å². The maximum atomic E-state index is 10.9. The van der Waals surface area contributed by atoms with Gasteiger partial charge in [-0.15, -0.1) is 0 Å². The summed E-state index contributed by atoms with van der Waals surface area (Å²) < 4.78 is 0. The first-order valence-electron chi connectivity index (χ1n) is 5.95. The van der Waals surface area contributed by atoms with Crippen molar-refractivity contribution in [2.45, 2.75) is 46.6 Å². The molecule has 0 saturated carbocycles. The summed E-state index contributed by atoms with van der Waals surface area (Å²) in [6.07, 6.45) is 1.93. The molecule has 106 valence electrons. The third-order valence-corrected chi connectivity index (χ3v) is 2.55. The lowest BCUT2D eigenvalue weighted by Gasteiger charge is -2.33. The fraction of sp³-hybridized carbons (Fsp3) is 0.667. The van der Waals surface area contributed by atoms with Crippen LogP contribution in [0.1, 0.15) is 41.0 Å². The lowest BCUT2D eigenvalue weighted by Crippen LogP contribution is -2.36. The van der Waals surface area contributed by atoms with Crippen LogP contribution in [-0.2, 0) is 0 Å². The Bertz CT molecular complexity index is 483. The standard InChI is InChI=1S/C12H19ClN4O2/c1-11(2,3)7-12(4,5)16-9-8(17(18)19)6-14-10(13)15-9/h6H,7H2,1-5H3,(H,14,15,16). The number of aromatic nitrogens is 2. The average Bonchev–Trinajstić information content (AvgIpc) is 2.11. The Balaban J connectivity index is 3.04. The van der Waals surface area contributed by atoms with E-state index >= 15 is 0 Å². The van der Waals surface area contributed by atoms with E-state index in [0.717, 1.165) is 12.6 Å². The van der Waals surface area contributed by atoms with Gasteiger partial charge in [0.15, 0.2) is 0 Å². The van der Waals surface area contributed by atoms with E-state index in [0.29, 0.717) is 0 Å². The molecule has 0 aromatic carbocycles. The van der Waals surface area contributed by atoms with Crippen molar-refractivity contribution < 1.29 is 4.92 Å². The van der Waals surface area contributed by atoms with Gasteiger partial charge in [-0.1, -0.05) is 20.8 Å². The molecule has 0 fully saturated rings. The van der Waals surface area contributed by atoms with Crippen molar-refractivity contribution >= 4 is 23.1 Å². The van der Waals surface area contributed by atoms with Gasteiger partial charge in [0.25, 0.3) is 0 Å². The molecule has 6 nitrogen and oxygen atoms in total. The molecule has 0 amide bonds. The first-order chi connectivity index (χ1) is 8.50. The summed E-state index contributed by atoms with van der Waals surface area (Å²) >= 11 is 5.70. The quantitative estimate of drug-likeness (QED) is 0.519. The minimum Gasteiger partial charge on any atom is -0.359 e. The topological polar surface area (TPSA) is 81.0 Å². The normalized spacial score (nSPS) is 12.3. The van der Waals surface area contributed by atoms with Gasteiger partial charge in [-0.3, -0.25) is 10.1 Å². The number of nitro groups is 1. The molecule has 1 N–H and O–H groups in total. The number of nitrogens with one attached hydrogen (secondary N) is 1. The van der Waals surface area contributed by atoms with Crippen LogP contribution in [0.25, 0.3) is 0 Å². The van der Waals surface area contributed by atoms with Gasteiger partial charge in [-0.25, -0.2) is 4.98 Å². The molecule has 0 bridgehead atoms. The molecule has 1 heterocycles. The number of hydrogen-bond acceptors (Lipinski definition) is 5. The molecule has 0 radical (unpaired) electrons. The van der Waals surface area contributed by atoms with Crippen molar-refractivity contribution in [3.63, 3.8) is 0 Å². The van der Waals surface area contributed by atoms with E-state index < -0.39 is 4.92 Å². The van der Waals surface area contributed by atoms with E-state index in [1.54, 1.807) is 0 Å². The smallest absolute Gasteiger partial charge is 0.329 e. The molecular weight excluding hydrogens is 268 g/mol. The molecule has 1 aromatic rings. The second-order valence-electron chi connectivity index (χ2n) is 6.38. The fourth-order valence-corrected chi connectivity index (χ4v) is 2.40. The largest absolute Gasteiger partial charge is 0.359 e. The summed E-state index contributed by atoms with van der Waals surface area (Å²) in [6.45, 7) is 10.3.